The van der Waals surface area contributed by atoms with E-state index in [0.717, 1.165) is 12.1 Å². The SMILES string of the molecule is CC(C)(C)COc1cc(-c2cnc(NS(=O)(=O)c3cccc(N)c3)nc2-c2ccc(C(F)(F)F)cc2)ccc1Cl. The molecule has 1 aromatic heterocycles. The van der Waals surface area contributed by atoms with E-state index in [1.54, 1.807) is 24.3 Å². The van der Waals surface area contributed by atoms with Crippen LogP contribution in [0.2, 0.25) is 5.02 Å². The zero-order chi connectivity index (χ0) is 29.3. The average Bonchev–Trinajstić information content (AvgIpc) is 2.87. The summed E-state index contributed by atoms with van der Waals surface area (Å²) in [6.45, 7) is 6.39. The Bertz CT molecular complexity index is 1640. The number of hydrogen-bond acceptors (Lipinski definition) is 6. The summed E-state index contributed by atoms with van der Waals surface area (Å²) >= 11 is 6.35. The number of ether oxygens (including phenoxy) is 1. The average molecular weight is 591 g/mol. The summed E-state index contributed by atoms with van der Waals surface area (Å²) < 4.78 is 73.7. The second kappa shape index (κ2) is 11.0. The van der Waals surface area contributed by atoms with E-state index < -0.39 is 21.8 Å². The van der Waals surface area contributed by atoms with Crippen LogP contribution in [-0.4, -0.2) is 25.0 Å². The van der Waals surface area contributed by atoms with Gasteiger partial charge in [0.15, 0.2) is 0 Å². The van der Waals surface area contributed by atoms with E-state index in [1.165, 1.54) is 36.5 Å². The van der Waals surface area contributed by atoms with Gasteiger partial charge in [-0.2, -0.15) is 13.2 Å². The lowest BCUT2D eigenvalue weighted by atomic mass is 9.98. The standard InChI is InChI=1S/C28H26ClF3N4O3S/c1-27(2,3)16-39-24-13-18(9-12-23(24)29)22-15-34-26(36-40(37,38)21-6-4-5-20(33)14-21)35-25(22)17-7-10-19(11-8-17)28(30,31)32/h4-15H,16,33H2,1-3H3,(H,34,35,36). The molecule has 0 aliphatic heterocycles. The van der Waals surface area contributed by atoms with Gasteiger partial charge in [0.25, 0.3) is 10.0 Å². The monoisotopic (exact) mass is 590 g/mol. The van der Waals surface area contributed by atoms with Crippen molar-refractivity contribution in [1.82, 2.24) is 9.97 Å². The van der Waals surface area contributed by atoms with Crippen molar-refractivity contribution < 1.29 is 26.3 Å². The number of nitrogen functional groups attached to an aromatic ring is 1. The summed E-state index contributed by atoms with van der Waals surface area (Å²) in [5, 5.41) is 0.372. The number of nitrogens with one attached hydrogen (secondary N) is 1. The minimum atomic E-state index is -4.53. The Hall–Kier alpha value is -3.83. The van der Waals surface area contributed by atoms with Crippen molar-refractivity contribution >= 4 is 33.3 Å². The van der Waals surface area contributed by atoms with E-state index in [-0.39, 0.29) is 27.6 Å². The molecule has 4 rings (SSSR count). The second-order valence-corrected chi connectivity index (χ2v) is 12.3. The summed E-state index contributed by atoms with van der Waals surface area (Å²) in [5.41, 5.74) is 6.47. The molecule has 1 heterocycles. The van der Waals surface area contributed by atoms with Gasteiger partial charge in [-0.1, -0.05) is 56.6 Å². The van der Waals surface area contributed by atoms with E-state index in [4.69, 9.17) is 22.1 Å². The molecule has 3 aromatic carbocycles. The molecule has 0 radical (unpaired) electrons. The minimum Gasteiger partial charge on any atom is -0.491 e. The van der Waals surface area contributed by atoms with Crippen molar-refractivity contribution in [3.63, 3.8) is 0 Å². The summed E-state index contributed by atoms with van der Waals surface area (Å²) in [5.74, 6) is 0.123. The van der Waals surface area contributed by atoms with Crippen LogP contribution >= 0.6 is 11.6 Å². The predicted octanol–water partition coefficient (Wildman–Crippen LogP) is 7.29. The highest BCUT2D eigenvalue weighted by molar-refractivity contribution is 7.92. The van der Waals surface area contributed by atoms with Crippen molar-refractivity contribution in [1.29, 1.82) is 0 Å². The molecule has 0 unspecified atom stereocenters. The Morgan fingerprint density at radius 1 is 0.975 bits per heavy atom. The fourth-order valence-electron chi connectivity index (χ4n) is 3.62. The van der Waals surface area contributed by atoms with Crippen molar-refractivity contribution in [2.75, 3.05) is 17.1 Å². The first-order valence-corrected chi connectivity index (χ1v) is 13.8. The Morgan fingerprint density at radius 3 is 2.27 bits per heavy atom. The summed E-state index contributed by atoms with van der Waals surface area (Å²) in [4.78, 5) is 8.47. The maximum Gasteiger partial charge on any atom is 0.416 e. The van der Waals surface area contributed by atoms with Gasteiger partial charge >= 0.3 is 6.18 Å². The lowest BCUT2D eigenvalue weighted by Crippen LogP contribution is -2.17. The fraction of sp³-hybridized carbons (Fsp3) is 0.214. The lowest BCUT2D eigenvalue weighted by Gasteiger charge is -2.20. The first-order chi connectivity index (χ1) is 18.6. The molecule has 0 aliphatic rings. The number of hydrogen-bond donors (Lipinski definition) is 2. The van der Waals surface area contributed by atoms with E-state index in [1.807, 2.05) is 20.8 Å². The highest BCUT2D eigenvalue weighted by Crippen LogP contribution is 2.37. The fourth-order valence-corrected chi connectivity index (χ4v) is 4.79. The van der Waals surface area contributed by atoms with E-state index in [0.29, 0.717) is 34.1 Å². The molecule has 4 aromatic rings. The number of nitrogens with two attached hydrogens (primary N) is 1. The molecule has 0 saturated heterocycles. The quantitative estimate of drug-likeness (QED) is 0.219. The molecule has 0 bridgehead atoms. The van der Waals surface area contributed by atoms with Crippen LogP contribution in [0.5, 0.6) is 5.75 Å². The molecule has 210 valence electrons. The van der Waals surface area contributed by atoms with Crippen LogP contribution in [0.25, 0.3) is 22.4 Å². The highest BCUT2D eigenvalue weighted by Gasteiger charge is 2.30. The zero-order valence-corrected chi connectivity index (χ0v) is 23.3. The Kier molecular flexibility index (Phi) is 8.00. The van der Waals surface area contributed by atoms with Gasteiger partial charge in [0, 0.05) is 23.0 Å². The third-order valence-electron chi connectivity index (χ3n) is 5.57. The van der Waals surface area contributed by atoms with Crippen LogP contribution < -0.4 is 15.2 Å². The Morgan fingerprint density at radius 2 is 1.65 bits per heavy atom. The largest absolute Gasteiger partial charge is 0.491 e. The molecule has 0 fully saturated rings. The molecule has 12 heteroatoms. The number of anilines is 2. The summed E-state index contributed by atoms with van der Waals surface area (Å²) in [7, 11) is -4.11. The number of nitrogens with zero attached hydrogens (tertiary/aromatic N) is 2. The van der Waals surface area contributed by atoms with Crippen LogP contribution in [0.1, 0.15) is 26.3 Å². The Balaban J connectivity index is 1.80. The maximum atomic E-state index is 13.2. The first kappa shape index (κ1) is 29.2. The van der Waals surface area contributed by atoms with Gasteiger partial charge in [0.05, 0.1) is 27.8 Å². The Labute approximate surface area is 235 Å². The number of alkyl halides is 3. The molecular weight excluding hydrogens is 565 g/mol. The normalized spacial score (nSPS) is 12.3. The summed E-state index contributed by atoms with van der Waals surface area (Å²) in [6.07, 6.45) is -3.14. The molecular formula is C28H26ClF3N4O3S. The number of sulfonamides is 1. The molecule has 40 heavy (non-hydrogen) atoms. The van der Waals surface area contributed by atoms with Crippen LogP contribution in [0.15, 0.2) is 77.8 Å². The molecule has 0 spiro atoms. The second-order valence-electron chi connectivity index (χ2n) is 10.2. The highest BCUT2D eigenvalue weighted by atomic mass is 35.5. The van der Waals surface area contributed by atoms with Crippen molar-refractivity contribution in [2.24, 2.45) is 5.41 Å². The number of aromatic nitrogens is 2. The van der Waals surface area contributed by atoms with Gasteiger partial charge in [0.2, 0.25) is 5.95 Å². The van der Waals surface area contributed by atoms with E-state index >= 15 is 0 Å². The van der Waals surface area contributed by atoms with Crippen molar-refractivity contribution in [2.45, 2.75) is 31.8 Å². The number of benzene rings is 3. The number of halogens is 4. The molecule has 0 aliphatic carbocycles. The van der Waals surface area contributed by atoms with Crippen LogP contribution in [0, 0.1) is 5.41 Å². The zero-order valence-electron chi connectivity index (χ0n) is 21.8. The lowest BCUT2D eigenvalue weighted by molar-refractivity contribution is -0.137. The van der Waals surface area contributed by atoms with Gasteiger partial charge in [-0.25, -0.2) is 23.1 Å². The number of rotatable bonds is 7. The van der Waals surface area contributed by atoms with Crippen LogP contribution in [0.3, 0.4) is 0 Å². The van der Waals surface area contributed by atoms with Crippen molar-refractivity contribution in [3.8, 4) is 28.1 Å². The van der Waals surface area contributed by atoms with Gasteiger partial charge in [-0.05, 0) is 53.4 Å². The molecule has 3 N–H and O–H groups in total. The first-order valence-electron chi connectivity index (χ1n) is 12.0. The van der Waals surface area contributed by atoms with Crippen LogP contribution in [-0.2, 0) is 16.2 Å². The molecule has 0 saturated carbocycles. The van der Waals surface area contributed by atoms with E-state index in [2.05, 4.69) is 14.7 Å². The van der Waals surface area contributed by atoms with Gasteiger partial charge < -0.3 is 10.5 Å². The molecule has 7 nitrogen and oxygen atoms in total. The topological polar surface area (TPSA) is 107 Å². The third-order valence-corrected chi connectivity index (χ3v) is 7.21. The van der Waals surface area contributed by atoms with Crippen LogP contribution in [0.4, 0.5) is 24.8 Å². The smallest absolute Gasteiger partial charge is 0.416 e. The van der Waals surface area contributed by atoms with Gasteiger partial charge in [0.1, 0.15) is 5.75 Å². The summed E-state index contributed by atoms with van der Waals surface area (Å²) in [6, 6.07) is 15.0. The van der Waals surface area contributed by atoms with Gasteiger partial charge in [-0.3, -0.25) is 0 Å². The molecule has 0 amide bonds. The predicted molar refractivity (Wildman–Crippen MR) is 150 cm³/mol. The van der Waals surface area contributed by atoms with Crippen molar-refractivity contribution in [3.05, 3.63) is 83.5 Å². The third kappa shape index (κ3) is 7.02. The molecule has 0 atom stereocenters. The minimum absolute atomic E-state index is 0.102. The maximum absolute atomic E-state index is 13.2. The van der Waals surface area contributed by atoms with E-state index in [9.17, 15) is 21.6 Å². The van der Waals surface area contributed by atoms with Gasteiger partial charge in [-0.15, -0.1) is 0 Å².